The van der Waals surface area contributed by atoms with Crippen LogP contribution >= 0.6 is 0 Å². The van der Waals surface area contributed by atoms with E-state index in [0.717, 1.165) is 12.5 Å². The highest BCUT2D eigenvalue weighted by atomic mass is 16.3. The maximum Gasteiger partial charge on any atom is 0.283 e. The van der Waals surface area contributed by atoms with E-state index in [1.54, 1.807) is 48.5 Å². The Morgan fingerprint density at radius 2 is 0.917 bits per heavy atom. The number of carbonyl (C=O) groups excluding carboxylic acids is 1. The van der Waals surface area contributed by atoms with Gasteiger partial charge in [-0.25, -0.2) is 0 Å². The lowest BCUT2D eigenvalue weighted by Crippen LogP contribution is -1.69. The maximum absolute atomic E-state index is 9.44. The Balaban J connectivity index is -0.000000244. The number of carbonyl (C=O) groups is 1. The third-order valence-electron chi connectivity index (χ3n) is 1.51. The molecule has 0 heterocycles. The number of ketones is 1. The maximum atomic E-state index is 9.44. The summed E-state index contributed by atoms with van der Waals surface area (Å²) in [5.74, 6) is 0.810. The van der Waals surface area contributed by atoms with Crippen molar-refractivity contribution in [3.8, 4) is 24.0 Å². The molecular weight excluding hydrogens is 312 g/mol. The average Bonchev–Trinajstić information content (AvgIpc) is 2.50. The average molecular weight is 332 g/mol. The van der Waals surface area contributed by atoms with E-state index in [1.165, 1.54) is 13.8 Å². The largest absolute Gasteiger partial charge is 0.508 e. The lowest BCUT2D eigenvalue weighted by atomic mass is 10.3. The van der Waals surface area contributed by atoms with Gasteiger partial charge < -0.3 is 25.2 Å². The lowest BCUT2D eigenvalue weighted by molar-refractivity contribution is -0.114. The van der Waals surface area contributed by atoms with Gasteiger partial charge in [0.05, 0.1) is 0 Å². The van der Waals surface area contributed by atoms with E-state index in [-0.39, 0.29) is 5.78 Å². The van der Waals surface area contributed by atoms with Crippen molar-refractivity contribution in [3.05, 3.63) is 60.7 Å². The van der Waals surface area contributed by atoms with Crippen molar-refractivity contribution in [2.75, 3.05) is 0 Å². The van der Waals surface area contributed by atoms with Crippen LogP contribution in [0.1, 0.15) is 13.8 Å². The number of aliphatic hydroxyl groups is 2. The molecule has 0 aromatic heterocycles. The Morgan fingerprint density at radius 1 is 0.750 bits per heavy atom. The van der Waals surface area contributed by atoms with Crippen molar-refractivity contribution >= 4 is 5.78 Å². The van der Waals surface area contributed by atoms with Crippen LogP contribution in [0.4, 0.5) is 0 Å². The summed E-state index contributed by atoms with van der Waals surface area (Å²) >= 11 is 0. The minimum absolute atomic E-state index is 0.167. The zero-order valence-corrected chi connectivity index (χ0v) is 13.4. The fraction of sp³-hybridized carbons (Fsp3) is 0.118. The van der Waals surface area contributed by atoms with Gasteiger partial charge >= 0.3 is 0 Å². The second-order valence-corrected chi connectivity index (χ2v) is 3.78. The van der Waals surface area contributed by atoms with Crippen LogP contribution in [-0.2, 0) is 4.79 Å². The molecule has 0 saturated carbocycles. The second-order valence-electron chi connectivity index (χ2n) is 3.78. The van der Waals surface area contributed by atoms with E-state index < -0.39 is 0 Å². The van der Waals surface area contributed by atoms with Crippen molar-refractivity contribution < 1.29 is 25.2 Å². The molecule has 0 amide bonds. The predicted octanol–water partition coefficient (Wildman–Crippen LogP) is 3.06. The van der Waals surface area contributed by atoms with Gasteiger partial charge in [-0.05, 0) is 38.1 Å². The summed E-state index contributed by atoms with van der Waals surface area (Å²) < 4.78 is 0. The predicted molar refractivity (Wildman–Crippen MR) is 87.7 cm³/mol. The van der Waals surface area contributed by atoms with E-state index in [1.807, 2.05) is 12.1 Å². The number of rotatable bonds is 0. The molecule has 0 unspecified atom stereocenters. The molecular formula is C17H20N2O5. The molecule has 2 rings (SSSR count). The number of phenols is 2. The zero-order valence-electron chi connectivity index (χ0n) is 13.4. The third-order valence-corrected chi connectivity index (χ3v) is 1.51. The normalized spacial score (nSPS) is 6.67. The van der Waals surface area contributed by atoms with Crippen molar-refractivity contribution in [2.24, 2.45) is 0 Å². The van der Waals surface area contributed by atoms with E-state index in [9.17, 15) is 4.79 Å². The lowest BCUT2D eigenvalue weighted by Gasteiger charge is -1.82. The van der Waals surface area contributed by atoms with Gasteiger partial charge in [-0.3, -0.25) is 0 Å². The standard InChI is InChI=1S/2C6H6O.C3H6O.2CHNO/c2*7-6-4-2-1-3-5-6;1-3(2)4;2*2-1-3/h2*1-5,7H;1-2H3;2*3H. The molecule has 0 aliphatic carbocycles. The quantitative estimate of drug-likeness (QED) is 0.542. The fourth-order valence-electron chi connectivity index (χ4n) is 0.856. The van der Waals surface area contributed by atoms with E-state index in [2.05, 4.69) is 0 Å². The van der Waals surface area contributed by atoms with Gasteiger partial charge in [-0.15, -0.1) is 0 Å². The van der Waals surface area contributed by atoms with Crippen LogP contribution in [0.2, 0.25) is 0 Å². The number of nitriles is 2. The van der Waals surface area contributed by atoms with Crippen molar-refractivity contribution in [1.29, 1.82) is 10.5 Å². The second kappa shape index (κ2) is 21.6. The monoisotopic (exact) mass is 332 g/mol. The first kappa shape index (κ1) is 25.3. The number of phenolic OH excluding ortho intramolecular Hbond substituents is 2. The van der Waals surface area contributed by atoms with Crippen molar-refractivity contribution in [1.82, 2.24) is 0 Å². The number of para-hydroxylation sites is 2. The molecule has 24 heavy (non-hydrogen) atoms. The van der Waals surface area contributed by atoms with E-state index in [4.69, 9.17) is 30.9 Å². The molecule has 4 N–H and O–H groups in total. The molecule has 0 atom stereocenters. The van der Waals surface area contributed by atoms with Gasteiger partial charge in [0.2, 0.25) is 0 Å². The number of aromatic hydroxyl groups is 2. The first-order chi connectivity index (χ1) is 11.3. The van der Waals surface area contributed by atoms with Crippen LogP contribution in [0.15, 0.2) is 60.7 Å². The van der Waals surface area contributed by atoms with Crippen LogP contribution < -0.4 is 0 Å². The van der Waals surface area contributed by atoms with Gasteiger partial charge in [0.1, 0.15) is 17.3 Å². The van der Waals surface area contributed by atoms with Crippen LogP contribution in [0.5, 0.6) is 11.5 Å². The first-order valence-electron chi connectivity index (χ1n) is 6.37. The summed E-state index contributed by atoms with van der Waals surface area (Å²) in [6.07, 6.45) is 1.50. The number of hydrogen-bond acceptors (Lipinski definition) is 7. The summed E-state index contributed by atoms with van der Waals surface area (Å²) in [7, 11) is 0. The van der Waals surface area contributed by atoms with Gasteiger partial charge in [0, 0.05) is 0 Å². The van der Waals surface area contributed by atoms with Gasteiger partial charge in [0.25, 0.3) is 12.5 Å². The Kier molecular flexibility index (Phi) is 22.7. The van der Waals surface area contributed by atoms with Crippen LogP contribution in [-0.4, -0.2) is 26.2 Å². The fourth-order valence-corrected chi connectivity index (χ4v) is 0.856. The zero-order chi connectivity index (χ0) is 19.2. The Labute approximate surface area is 140 Å². The minimum atomic E-state index is 0.167. The van der Waals surface area contributed by atoms with Gasteiger partial charge in [-0.2, -0.15) is 10.5 Å². The third kappa shape index (κ3) is 36.2. The smallest absolute Gasteiger partial charge is 0.283 e. The van der Waals surface area contributed by atoms with Crippen LogP contribution in [0, 0.1) is 23.0 Å². The molecule has 0 radical (unpaired) electrons. The number of aliphatic hydroxyl groups excluding tert-OH is 2. The highest BCUT2D eigenvalue weighted by molar-refractivity contribution is 5.72. The molecule has 0 spiro atoms. The molecule has 0 saturated heterocycles. The van der Waals surface area contributed by atoms with E-state index >= 15 is 0 Å². The number of benzene rings is 2. The molecule has 7 nitrogen and oxygen atoms in total. The molecule has 0 aliphatic rings. The first-order valence-corrected chi connectivity index (χ1v) is 6.37. The minimum Gasteiger partial charge on any atom is -0.508 e. The highest BCUT2D eigenvalue weighted by Gasteiger charge is 1.75. The Hall–Kier alpha value is -3.71. The van der Waals surface area contributed by atoms with E-state index in [0.29, 0.717) is 11.5 Å². The summed E-state index contributed by atoms with van der Waals surface area (Å²) in [6, 6.07) is 17.4. The summed E-state index contributed by atoms with van der Waals surface area (Å²) in [5.41, 5.74) is 0. The van der Waals surface area contributed by atoms with Gasteiger partial charge in [-0.1, -0.05) is 36.4 Å². The van der Waals surface area contributed by atoms with Crippen molar-refractivity contribution in [2.45, 2.75) is 13.8 Å². The topological polar surface area (TPSA) is 146 Å². The Morgan fingerprint density at radius 3 is 1.00 bits per heavy atom. The molecule has 0 fully saturated rings. The highest BCUT2D eigenvalue weighted by Crippen LogP contribution is 2.03. The molecule has 2 aromatic carbocycles. The molecule has 2 aromatic rings. The van der Waals surface area contributed by atoms with Crippen LogP contribution in [0.25, 0.3) is 0 Å². The van der Waals surface area contributed by atoms with Crippen LogP contribution in [0.3, 0.4) is 0 Å². The number of nitrogens with zero attached hydrogens (tertiary/aromatic N) is 2. The SMILES string of the molecule is CC(C)=O.N#CO.N#CO.Oc1ccccc1.Oc1ccccc1. The Bertz CT molecular complexity index is 536. The summed E-state index contributed by atoms with van der Waals surface area (Å²) in [4.78, 5) is 9.44. The van der Waals surface area contributed by atoms with Gasteiger partial charge in [0.15, 0.2) is 0 Å². The molecule has 0 aliphatic heterocycles. The number of Topliss-reactive ketones (excluding diaryl/α,β-unsaturated/α-hetero) is 1. The van der Waals surface area contributed by atoms with Crippen molar-refractivity contribution in [3.63, 3.8) is 0 Å². The summed E-state index contributed by atoms with van der Waals surface area (Å²) in [6.45, 7) is 3.06. The number of hydrogen-bond donors (Lipinski definition) is 4. The molecule has 0 bridgehead atoms. The molecule has 128 valence electrons. The molecule has 7 heteroatoms. The summed E-state index contributed by atoms with van der Waals surface area (Å²) in [5, 5.41) is 44.8.